The van der Waals surface area contributed by atoms with Gasteiger partial charge < -0.3 is 14.6 Å². The van der Waals surface area contributed by atoms with Crippen molar-refractivity contribution in [3.63, 3.8) is 0 Å². The summed E-state index contributed by atoms with van der Waals surface area (Å²) in [6.45, 7) is 4.36. The molecule has 1 N–H and O–H groups in total. The number of carbonyl (C=O) groups is 2. The summed E-state index contributed by atoms with van der Waals surface area (Å²) in [6, 6.07) is 5.34. The van der Waals surface area contributed by atoms with Crippen LogP contribution >= 0.6 is 0 Å². The molecule has 5 heteroatoms. The molecule has 1 aromatic rings. The fourth-order valence-electron chi connectivity index (χ4n) is 3.74. The summed E-state index contributed by atoms with van der Waals surface area (Å²) in [5, 5.41) is 9.59. The lowest BCUT2D eigenvalue weighted by atomic mass is 9.93. The number of carboxylic acids is 1. The summed E-state index contributed by atoms with van der Waals surface area (Å²) in [5.74, 6) is -0.553. The minimum absolute atomic E-state index is 0.253. The number of benzene rings is 1. The molecular weight excluding hydrogens is 392 g/mol. The molecule has 0 aliphatic carbocycles. The molecule has 1 atom stereocenters. The van der Waals surface area contributed by atoms with Crippen LogP contribution < -0.4 is 9.47 Å². The van der Waals surface area contributed by atoms with E-state index in [-0.39, 0.29) is 5.97 Å². The Balaban J connectivity index is 2.56. The van der Waals surface area contributed by atoms with Crippen molar-refractivity contribution in [2.45, 2.75) is 104 Å². The third-order valence-corrected chi connectivity index (χ3v) is 5.67. The predicted octanol–water partition coefficient (Wildman–Crippen LogP) is 6.96. The molecule has 0 spiro atoms. The van der Waals surface area contributed by atoms with E-state index in [0.29, 0.717) is 30.8 Å². The van der Waals surface area contributed by atoms with Crippen molar-refractivity contribution in [3.05, 3.63) is 23.8 Å². The van der Waals surface area contributed by atoms with E-state index in [2.05, 4.69) is 13.8 Å². The van der Waals surface area contributed by atoms with E-state index >= 15 is 0 Å². The van der Waals surface area contributed by atoms with E-state index in [1.807, 2.05) is 6.07 Å². The molecule has 1 rings (SSSR count). The van der Waals surface area contributed by atoms with E-state index in [0.717, 1.165) is 44.1 Å². The van der Waals surface area contributed by atoms with Crippen LogP contribution in [0.3, 0.4) is 0 Å². The second-order valence-corrected chi connectivity index (χ2v) is 8.42. The molecule has 1 aromatic carbocycles. The Morgan fingerprint density at radius 1 is 0.871 bits per heavy atom. The van der Waals surface area contributed by atoms with Gasteiger partial charge in [0, 0.05) is 6.42 Å². The fourth-order valence-corrected chi connectivity index (χ4v) is 3.74. The number of unbranched alkanes of at least 4 members (excludes halogenated alkanes) is 9. The maximum atomic E-state index is 12.2. The van der Waals surface area contributed by atoms with E-state index in [1.165, 1.54) is 39.2 Å². The van der Waals surface area contributed by atoms with Crippen molar-refractivity contribution >= 4 is 11.9 Å². The van der Waals surface area contributed by atoms with Crippen LogP contribution in [0.5, 0.6) is 11.5 Å². The van der Waals surface area contributed by atoms with Crippen molar-refractivity contribution in [2.75, 3.05) is 7.11 Å². The lowest BCUT2D eigenvalue weighted by Crippen LogP contribution is -2.16. The minimum atomic E-state index is -0.760. The highest BCUT2D eigenvalue weighted by Crippen LogP contribution is 2.30. The molecule has 0 saturated carbocycles. The normalized spacial score (nSPS) is 11.8. The first kappa shape index (κ1) is 27.0. The number of esters is 1. The van der Waals surface area contributed by atoms with E-state index in [1.54, 1.807) is 12.1 Å². The zero-order valence-corrected chi connectivity index (χ0v) is 19.8. The number of carbonyl (C=O) groups excluding carboxylic acids is 1. The zero-order chi connectivity index (χ0) is 22.9. The number of carboxylic acid groups (broad SMARTS) is 1. The van der Waals surface area contributed by atoms with Gasteiger partial charge in [-0.15, -0.1) is 0 Å². The molecule has 0 heterocycles. The Labute approximate surface area is 188 Å². The molecule has 0 saturated heterocycles. The van der Waals surface area contributed by atoms with Gasteiger partial charge in [0.1, 0.15) is 0 Å². The standard InChI is InChI=1S/C26H42O5/c1-4-6-8-10-12-14-16-25(27)31-23-18-17-21(20-24(23)30-3)19-22(26(28)29)15-13-11-9-7-5-2/h17-18,20,22H,4-16,19H2,1-3H3,(H,28,29). The van der Waals surface area contributed by atoms with Gasteiger partial charge in [0.25, 0.3) is 0 Å². The van der Waals surface area contributed by atoms with Gasteiger partial charge in [-0.2, -0.15) is 0 Å². The van der Waals surface area contributed by atoms with E-state index in [9.17, 15) is 14.7 Å². The summed E-state index contributed by atoms with van der Waals surface area (Å²) < 4.78 is 10.9. The Morgan fingerprint density at radius 2 is 1.48 bits per heavy atom. The van der Waals surface area contributed by atoms with Crippen LogP contribution in [0, 0.1) is 5.92 Å². The van der Waals surface area contributed by atoms with Crippen LogP contribution in [0.15, 0.2) is 18.2 Å². The Kier molecular flexibility index (Phi) is 14.5. The second kappa shape index (κ2) is 16.6. The van der Waals surface area contributed by atoms with Crippen LogP contribution in [0.2, 0.25) is 0 Å². The Bertz CT molecular complexity index is 641. The van der Waals surface area contributed by atoms with Crippen LogP contribution in [0.1, 0.15) is 103 Å². The quantitative estimate of drug-likeness (QED) is 0.154. The average Bonchev–Trinajstić information content (AvgIpc) is 2.75. The molecule has 5 nitrogen and oxygen atoms in total. The molecule has 0 fully saturated rings. The minimum Gasteiger partial charge on any atom is -0.493 e. The lowest BCUT2D eigenvalue weighted by Gasteiger charge is -2.15. The summed E-state index contributed by atoms with van der Waals surface area (Å²) >= 11 is 0. The SMILES string of the molecule is CCCCCCCCC(=O)Oc1ccc(CC(CCCCCCC)C(=O)O)cc1OC. The fraction of sp³-hybridized carbons (Fsp3) is 0.692. The highest BCUT2D eigenvalue weighted by Gasteiger charge is 2.19. The first-order chi connectivity index (χ1) is 15.0. The highest BCUT2D eigenvalue weighted by molar-refractivity contribution is 5.73. The van der Waals surface area contributed by atoms with Gasteiger partial charge >= 0.3 is 11.9 Å². The molecule has 0 bridgehead atoms. The second-order valence-electron chi connectivity index (χ2n) is 8.42. The topological polar surface area (TPSA) is 72.8 Å². The summed E-state index contributed by atoms with van der Waals surface area (Å²) in [5.41, 5.74) is 0.883. The molecule has 176 valence electrons. The number of hydrogen-bond donors (Lipinski definition) is 1. The molecule has 0 amide bonds. The molecule has 31 heavy (non-hydrogen) atoms. The van der Waals surface area contributed by atoms with E-state index in [4.69, 9.17) is 9.47 Å². The maximum Gasteiger partial charge on any atom is 0.311 e. The number of rotatable bonds is 18. The Morgan fingerprint density at radius 3 is 2.10 bits per heavy atom. The van der Waals surface area contributed by atoms with Gasteiger partial charge in [0.15, 0.2) is 11.5 Å². The van der Waals surface area contributed by atoms with Gasteiger partial charge in [-0.05, 0) is 37.0 Å². The molecule has 0 aromatic heterocycles. The molecule has 1 unspecified atom stereocenters. The van der Waals surface area contributed by atoms with Crippen LogP contribution in [-0.4, -0.2) is 24.2 Å². The summed E-state index contributed by atoms with van der Waals surface area (Å²) in [7, 11) is 1.53. The number of aliphatic carboxylic acids is 1. The monoisotopic (exact) mass is 434 g/mol. The van der Waals surface area contributed by atoms with Gasteiger partial charge in [-0.3, -0.25) is 9.59 Å². The van der Waals surface area contributed by atoms with Gasteiger partial charge in [0.2, 0.25) is 0 Å². The highest BCUT2D eigenvalue weighted by atomic mass is 16.6. The third kappa shape index (κ3) is 11.8. The average molecular weight is 435 g/mol. The maximum absolute atomic E-state index is 12.2. The number of hydrogen-bond acceptors (Lipinski definition) is 4. The van der Waals surface area contributed by atoms with Crippen molar-refractivity contribution in [3.8, 4) is 11.5 Å². The van der Waals surface area contributed by atoms with Crippen LogP contribution in [0.25, 0.3) is 0 Å². The van der Waals surface area contributed by atoms with Gasteiger partial charge in [-0.1, -0.05) is 84.1 Å². The van der Waals surface area contributed by atoms with Crippen molar-refractivity contribution in [2.24, 2.45) is 5.92 Å². The van der Waals surface area contributed by atoms with Crippen molar-refractivity contribution in [1.29, 1.82) is 0 Å². The molecular formula is C26H42O5. The largest absolute Gasteiger partial charge is 0.493 e. The third-order valence-electron chi connectivity index (χ3n) is 5.67. The smallest absolute Gasteiger partial charge is 0.311 e. The molecule has 0 aliphatic rings. The first-order valence-electron chi connectivity index (χ1n) is 12.1. The summed E-state index contributed by atoms with van der Waals surface area (Å²) in [4.78, 5) is 23.8. The van der Waals surface area contributed by atoms with Crippen LogP contribution in [0.4, 0.5) is 0 Å². The lowest BCUT2D eigenvalue weighted by molar-refractivity contribution is -0.142. The summed E-state index contributed by atoms with van der Waals surface area (Å²) in [6.07, 6.45) is 13.8. The Hall–Kier alpha value is -2.04. The van der Waals surface area contributed by atoms with E-state index < -0.39 is 11.9 Å². The number of ether oxygens (including phenoxy) is 2. The van der Waals surface area contributed by atoms with Crippen molar-refractivity contribution < 1.29 is 24.2 Å². The van der Waals surface area contributed by atoms with Gasteiger partial charge in [0.05, 0.1) is 13.0 Å². The first-order valence-corrected chi connectivity index (χ1v) is 12.1. The van der Waals surface area contributed by atoms with Gasteiger partial charge in [-0.25, -0.2) is 0 Å². The zero-order valence-electron chi connectivity index (χ0n) is 19.8. The molecule has 0 aliphatic heterocycles. The predicted molar refractivity (Wildman–Crippen MR) is 125 cm³/mol. The molecule has 0 radical (unpaired) electrons. The number of methoxy groups -OCH3 is 1. The van der Waals surface area contributed by atoms with Crippen molar-refractivity contribution in [1.82, 2.24) is 0 Å². The van der Waals surface area contributed by atoms with Crippen LogP contribution in [-0.2, 0) is 16.0 Å².